The van der Waals surface area contributed by atoms with E-state index in [2.05, 4.69) is 11.6 Å². The molecule has 1 aliphatic rings. The molecular weight excluding hydrogens is 328 g/mol. The van der Waals surface area contributed by atoms with Crippen LogP contribution in [-0.2, 0) is 10.4 Å². The lowest BCUT2D eigenvalue weighted by molar-refractivity contribution is -0.135. The number of amides is 1. The average Bonchev–Trinajstić information content (AvgIpc) is 2.78. The SMILES string of the molecule is C=CCN1C(=O)C(O)(CC(=O)c2ccncc2)c2cc(Cl)ccc21. The predicted octanol–water partition coefficient (Wildman–Crippen LogP) is 2.73. The van der Waals surface area contributed by atoms with E-state index in [1.54, 1.807) is 30.3 Å². The van der Waals surface area contributed by atoms with E-state index in [1.165, 1.54) is 23.4 Å². The van der Waals surface area contributed by atoms with E-state index in [4.69, 9.17) is 11.6 Å². The summed E-state index contributed by atoms with van der Waals surface area (Å²) in [5.74, 6) is -0.901. The minimum atomic E-state index is -1.94. The number of rotatable bonds is 5. The van der Waals surface area contributed by atoms with E-state index in [0.29, 0.717) is 21.8 Å². The summed E-state index contributed by atoms with van der Waals surface area (Å²) in [6.45, 7) is 3.87. The summed E-state index contributed by atoms with van der Waals surface area (Å²) in [5, 5.41) is 11.4. The Morgan fingerprint density at radius 1 is 1.33 bits per heavy atom. The highest BCUT2D eigenvalue weighted by Gasteiger charge is 2.50. The molecule has 1 aromatic carbocycles. The lowest BCUT2D eigenvalue weighted by Crippen LogP contribution is -2.41. The Balaban J connectivity index is 2.03. The highest BCUT2D eigenvalue weighted by molar-refractivity contribution is 6.31. The van der Waals surface area contributed by atoms with E-state index in [9.17, 15) is 14.7 Å². The molecular formula is C18H15ClN2O3. The number of hydrogen-bond acceptors (Lipinski definition) is 4. The second kappa shape index (κ2) is 6.19. The third-order valence-electron chi connectivity index (χ3n) is 4.02. The van der Waals surface area contributed by atoms with Gasteiger partial charge in [-0.15, -0.1) is 6.58 Å². The first-order valence-corrected chi connectivity index (χ1v) is 7.73. The molecule has 0 aliphatic carbocycles. The quantitative estimate of drug-likeness (QED) is 0.670. The molecule has 1 unspecified atom stereocenters. The summed E-state index contributed by atoms with van der Waals surface area (Å²) in [5.41, 5.74) is -0.681. The third kappa shape index (κ3) is 2.62. The van der Waals surface area contributed by atoms with Gasteiger partial charge in [0.25, 0.3) is 5.91 Å². The molecule has 1 aliphatic heterocycles. The Kier molecular flexibility index (Phi) is 4.22. The van der Waals surface area contributed by atoms with Gasteiger partial charge in [-0.3, -0.25) is 14.6 Å². The molecule has 0 saturated carbocycles. The normalized spacial score (nSPS) is 19.2. The van der Waals surface area contributed by atoms with Crippen LogP contribution >= 0.6 is 11.6 Å². The van der Waals surface area contributed by atoms with Crippen molar-refractivity contribution in [3.8, 4) is 0 Å². The van der Waals surface area contributed by atoms with E-state index >= 15 is 0 Å². The molecule has 24 heavy (non-hydrogen) atoms. The molecule has 2 aromatic rings. The Labute approximate surface area is 144 Å². The molecule has 6 heteroatoms. The maximum Gasteiger partial charge on any atom is 0.264 e. The third-order valence-corrected chi connectivity index (χ3v) is 4.26. The number of benzene rings is 1. The van der Waals surface area contributed by atoms with Crippen molar-refractivity contribution < 1.29 is 14.7 Å². The van der Waals surface area contributed by atoms with Crippen molar-refractivity contribution in [2.45, 2.75) is 12.0 Å². The van der Waals surface area contributed by atoms with Crippen LogP contribution in [0.15, 0.2) is 55.4 Å². The minimum absolute atomic E-state index is 0.235. The topological polar surface area (TPSA) is 70.5 Å². The fourth-order valence-corrected chi connectivity index (χ4v) is 3.05. The van der Waals surface area contributed by atoms with Gasteiger partial charge in [-0.2, -0.15) is 0 Å². The summed E-state index contributed by atoms with van der Waals surface area (Å²) in [6, 6.07) is 7.92. The van der Waals surface area contributed by atoms with Crippen molar-refractivity contribution in [3.05, 3.63) is 71.5 Å². The molecule has 0 radical (unpaired) electrons. The summed E-state index contributed by atoms with van der Waals surface area (Å²) in [7, 11) is 0. The van der Waals surface area contributed by atoms with Crippen LogP contribution in [0.4, 0.5) is 5.69 Å². The Morgan fingerprint density at radius 2 is 2.04 bits per heavy atom. The van der Waals surface area contributed by atoms with Crippen molar-refractivity contribution >= 4 is 29.0 Å². The number of hydrogen-bond donors (Lipinski definition) is 1. The van der Waals surface area contributed by atoms with Gasteiger partial charge in [-0.1, -0.05) is 17.7 Å². The zero-order valence-electron chi connectivity index (χ0n) is 12.8. The molecule has 3 rings (SSSR count). The zero-order valence-corrected chi connectivity index (χ0v) is 13.5. The highest BCUT2D eigenvalue weighted by Crippen LogP contribution is 2.44. The van der Waals surface area contributed by atoms with Crippen LogP contribution in [0, 0.1) is 0 Å². The second-order valence-electron chi connectivity index (χ2n) is 5.56. The Hall–Kier alpha value is -2.50. The first kappa shape index (κ1) is 16.4. The van der Waals surface area contributed by atoms with Gasteiger partial charge in [0.05, 0.1) is 12.1 Å². The number of anilines is 1. The first-order valence-electron chi connectivity index (χ1n) is 7.36. The highest BCUT2D eigenvalue weighted by atomic mass is 35.5. The number of pyridine rings is 1. The maximum absolute atomic E-state index is 12.8. The van der Waals surface area contributed by atoms with Crippen molar-refractivity contribution in [1.82, 2.24) is 4.98 Å². The summed E-state index contributed by atoms with van der Waals surface area (Å²) >= 11 is 6.02. The smallest absolute Gasteiger partial charge is 0.264 e. The van der Waals surface area contributed by atoms with Crippen LogP contribution in [0.1, 0.15) is 22.3 Å². The number of fused-ring (bicyclic) bond motifs is 1. The Morgan fingerprint density at radius 3 is 2.71 bits per heavy atom. The number of aromatic nitrogens is 1. The van der Waals surface area contributed by atoms with Crippen LogP contribution in [0.2, 0.25) is 5.02 Å². The van der Waals surface area contributed by atoms with Gasteiger partial charge in [0, 0.05) is 35.1 Å². The predicted molar refractivity (Wildman–Crippen MR) is 91.1 cm³/mol. The number of carbonyl (C=O) groups is 2. The molecule has 5 nitrogen and oxygen atoms in total. The van der Waals surface area contributed by atoms with Crippen molar-refractivity contribution in [2.75, 3.05) is 11.4 Å². The second-order valence-corrected chi connectivity index (χ2v) is 6.00. The van der Waals surface area contributed by atoms with Crippen molar-refractivity contribution in [3.63, 3.8) is 0 Å². The number of halogens is 1. The van der Waals surface area contributed by atoms with Gasteiger partial charge >= 0.3 is 0 Å². The van der Waals surface area contributed by atoms with Gasteiger partial charge in [-0.25, -0.2) is 0 Å². The lowest BCUT2D eigenvalue weighted by Gasteiger charge is -2.22. The van der Waals surface area contributed by atoms with Crippen molar-refractivity contribution in [2.24, 2.45) is 0 Å². The molecule has 0 fully saturated rings. The Bertz CT molecular complexity index is 822. The van der Waals surface area contributed by atoms with Gasteiger partial charge in [0.1, 0.15) is 0 Å². The van der Waals surface area contributed by atoms with E-state index in [0.717, 1.165) is 0 Å². The minimum Gasteiger partial charge on any atom is -0.375 e. The fourth-order valence-electron chi connectivity index (χ4n) is 2.88. The first-order chi connectivity index (χ1) is 11.5. The number of nitrogens with zero attached hydrogens (tertiary/aromatic N) is 2. The average molecular weight is 343 g/mol. The fraction of sp³-hybridized carbons (Fsp3) is 0.167. The molecule has 0 spiro atoms. The van der Waals surface area contributed by atoms with Crippen LogP contribution < -0.4 is 4.90 Å². The zero-order chi connectivity index (χ0) is 17.3. The molecule has 122 valence electrons. The largest absolute Gasteiger partial charge is 0.375 e. The molecule has 1 atom stereocenters. The molecule has 2 heterocycles. The van der Waals surface area contributed by atoms with Crippen LogP contribution in [0.3, 0.4) is 0 Å². The van der Waals surface area contributed by atoms with Crippen LogP contribution in [0.25, 0.3) is 0 Å². The lowest BCUT2D eigenvalue weighted by atomic mass is 9.88. The van der Waals surface area contributed by atoms with Gasteiger partial charge < -0.3 is 10.0 Å². The van der Waals surface area contributed by atoms with E-state index in [1.807, 2.05) is 0 Å². The van der Waals surface area contributed by atoms with Gasteiger partial charge in [0.15, 0.2) is 11.4 Å². The van der Waals surface area contributed by atoms with Gasteiger partial charge in [-0.05, 0) is 30.3 Å². The van der Waals surface area contributed by atoms with E-state index in [-0.39, 0.29) is 18.7 Å². The number of aliphatic hydroxyl groups is 1. The standard InChI is InChI=1S/C18H15ClN2O3/c1-2-9-21-15-4-3-13(19)10-14(15)18(24,17(21)23)11-16(22)12-5-7-20-8-6-12/h2-8,10,24H,1,9,11H2. The summed E-state index contributed by atoms with van der Waals surface area (Å²) < 4.78 is 0. The number of ketones is 1. The monoisotopic (exact) mass is 342 g/mol. The van der Waals surface area contributed by atoms with Crippen LogP contribution in [0.5, 0.6) is 0 Å². The summed E-state index contributed by atoms with van der Waals surface area (Å²) in [4.78, 5) is 30.5. The van der Waals surface area contributed by atoms with Gasteiger partial charge in [0.2, 0.25) is 0 Å². The molecule has 1 amide bonds. The molecule has 0 saturated heterocycles. The maximum atomic E-state index is 12.8. The molecule has 1 aromatic heterocycles. The summed E-state index contributed by atoms with van der Waals surface area (Å²) in [6.07, 6.45) is 4.18. The number of carbonyl (C=O) groups excluding carboxylic acids is 2. The van der Waals surface area contributed by atoms with Crippen molar-refractivity contribution in [1.29, 1.82) is 0 Å². The molecule has 0 bridgehead atoms. The number of Topliss-reactive ketones (excluding diaryl/α,β-unsaturated/α-hetero) is 1. The molecule has 1 N–H and O–H groups in total. The van der Waals surface area contributed by atoms with E-state index < -0.39 is 11.5 Å². The van der Waals surface area contributed by atoms with Crippen LogP contribution in [-0.4, -0.2) is 28.3 Å².